The Bertz CT molecular complexity index is 982. The summed E-state index contributed by atoms with van der Waals surface area (Å²) in [5, 5.41) is 1.07. The topological polar surface area (TPSA) is 50.7 Å². The van der Waals surface area contributed by atoms with E-state index >= 15 is 0 Å². The van der Waals surface area contributed by atoms with Crippen molar-refractivity contribution >= 4 is 27.4 Å². The number of ether oxygens (including phenoxy) is 2. The lowest BCUT2D eigenvalue weighted by molar-refractivity contribution is 0.237. The highest BCUT2D eigenvalue weighted by Gasteiger charge is 2.19. The van der Waals surface area contributed by atoms with Crippen LogP contribution in [0.3, 0.4) is 0 Å². The van der Waals surface area contributed by atoms with Gasteiger partial charge in [0, 0.05) is 31.9 Å². The lowest BCUT2D eigenvalue weighted by Crippen LogP contribution is -2.46. The van der Waals surface area contributed by atoms with Gasteiger partial charge in [-0.05, 0) is 68.5 Å². The van der Waals surface area contributed by atoms with Gasteiger partial charge in [0.1, 0.15) is 10.6 Å². The SMILES string of the molecule is COc1ccccc1N1CCN(CCCCOc2nsc3nc(C)cc(C)c23)CC1. The lowest BCUT2D eigenvalue weighted by Gasteiger charge is -2.36. The molecule has 0 spiro atoms. The number of nitrogens with zero attached hydrogens (tertiary/aromatic N) is 4. The molecule has 0 radical (unpaired) electrons. The van der Waals surface area contributed by atoms with Gasteiger partial charge in [0.2, 0.25) is 5.88 Å². The number of benzene rings is 1. The van der Waals surface area contributed by atoms with Gasteiger partial charge in [-0.2, -0.15) is 4.37 Å². The first-order valence-corrected chi connectivity index (χ1v) is 11.4. The second-order valence-corrected chi connectivity index (χ2v) is 8.56. The summed E-state index contributed by atoms with van der Waals surface area (Å²) in [6, 6.07) is 10.4. The minimum absolute atomic E-state index is 0.702. The fourth-order valence-electron chi connectivity index (χ4n) is 4.07. The first kappa shape index (κ1) is 20.9. The Hall–Kier alpha value is -2.38. The number of aryl methyl sites for hydroxylation is 2. The molecule has 0 N–H and O–H groups in total. The van der Waals surface area contributed by atoms with Gasteiger partial charge in [-0.25, -0.2) is 4.98 Å². The highest BCUT2D eigenvalue weighted by atomic mass is 32.1. The number of unbranched alkanes of at least 4 members (excludes halogenated alkanes) is 1. The molecule has 160 valence electrons. The van der Waals surface area contributed by atoms with E-state index in [1.165, 1.54) is 22.8 Å². The van der Waals surface area contributed by atoms with Crippen LogP contribution in [0, 0.1) is 13.8 Å². The Morgan fingerprint density at radius 1 is 1.07 bits per heavy atom. The number of rotatable bonds is 8. The smallest absolute Gasteiger partial charge is 0.235 e. The third-order valence-corrected chi connectivity index (χ3v) is 6.37. The number of piperazine rings is 1. The van der Waals surface area contributed by atoms with Crippen molar-refractivity contribution in [2.24, 2.45) is 0 Å². The maximum atomic E-state index is 5.99. The average molecular weight is 427 g/mol. The Kier molecular flexibility index (Phi) is 6.69. The van der Waals surface area contributed by atoms with Gasteiger partial charge in [-0.3, -0.25) is 4.90 Å². The monoisotopic (exact) mass is 426 g/mol. The molecule has 1 aliphatic heterocycles. The largest absolute Gasteiger partial charge is 0.495 e. The first-order chi connectivity index (χ1) is 14.7. The van der Waals surface area contributed by atoms with E-state index in [1.807, 2.05) is 19.1 Å². The average Bonchev–Trinajstić information content (AvgIpc) is 3.17. The van der Waals surface area contributed by atoms with Crippen molar-refractivity contribution in [2.75, 3.05) is 51.3 Å². The van der Waals surface area contributed by atoms with Crippen molar-refractivity contribution < 1.29 is 9.47 Å². The van der Waals surface area contributed by atoms with Crippen LogP contribution in [0.2, 0.25) is 0 Å². The zero-order valence-electron chi connectivity index (χ0n) is 18.1. The molecule has 2 aromatic heterocycles. The summed E-state index contributed by atoms with van der Waals surface area (Å²) >= 11 is 1.42. The number of anilines is 1. The van der Waals surface area contributed by atoms with Crippen molar-refractivity contribution in [3.63, 3.8) is 0 Å². The summed E-state index contributed by atoms with van der Waals surface area (Å²) in [7, 11) is 1.74. The number of hydrogen-bond acceptors (Lipinski definition) is 7. The number of para-hydroxylation sites is 2. The standard InChI is InChI=1S/C23H30N4O2S/c1-17-16-18(2)24-23-21(17)22(25-30-23)29-15-7-6-10-26-11-13-27(14-12-26)19-8-4-5-9-20(19)28-3/h4-5,8-9,16H,6-7,10-15H2,1-3H3. The molecule has 1 aliphatic rings. The molecule has 0 bridgehead atoms. The van der Waals surface area contributed by atoms with Crippen molar-refractivity contribution in [3.05, 3.63) is 41.6 Å². The normalized spacial score (nSPS) is 15.0. The predicted octanol–water partition coefficient (Wildman–Crippen LogP) is 4.30. The Morgan fingerprint density at radius 3 is 2.67 bits per heavy atom. The van der Waals surface area contributed by atoms with Crippen LogP contribution < -0.4 is 14.4 Å². The van der Waals surface area contributed by atoms with E-state index in [0.29, 0.717) is 6.61 Å². The van der Waals surface area contributed by atoms with Gasteiger partial charge in [0.15, 0.2) is 0 Å². The molecular formula is C23H30N4O2S. The highest BCUT2D eigenvalue weighted by molar-refractivity contribution is 7.13. The summed E-state index contributed by atoms with van der Waals surface area (Å²) in [6.07, 6.45) is 2.16. The Morgan fingerprint density at radius 2 is 1.87 bits per heavy atom. The zero-order valence-corrected chi connectivity index (χ0v) is 18.9. The van der Waals surface area contributed by atoms with Crippen LogP contribution in [0.15, 0.2) is 30.3 Å². The summed E-state index contributed by atoms with van der Waals surface area (Å²) in [4.78, 5) is 10.5. The number of pyridine rings is 1. The highest BCUT2D eigenvalue weighted by Crippen LogP contribution is 2.31. The number of hydrogen-bond donors (Lipinski definition) is 0. The molecule has 6 nitrogen and oxygen atoms in total. The van der Waals surface area contributed by atoms with E-state index in [-0.39, 0.29) is 0 Å². The molecule has 1 fully saturated rings. The second kappa shape index (κ2) is 9.62. The van der Waals surface area contributed by atoms with Crippen LogP contribution in [0.4, 0.5) is 5.69 Å². The molecule has 0 unspecified atom stereocenters. The van der Waals surface area contributed by atoms with Gasteiger partial charge in [-0.15, -0.1) is 0 Å². The Labute approximate surface area is 182 Å². The maximum Gasteiger partial charge on any atom is 0.235 e. The van der Waals surface area contributed by atoms with Crippen LogP contribution in [-0.2, 0) is 0 Å². The molecular weight excluding hydrogens is 396 g/mol. The van der Waals surface area contributed by atoms with E-state index < -0.39 is 0 Å². The van der Waals surface area contributed by atoms with Crippen LogP contribution in [0.1, 0.15) is 24.1 Å². The summed E-state index contributed by atoms with van der Waals surface area (Å²) in [5.41, 5.74) is 3.42. The van der Waals surface area contributed by atoms with E-state index in [1.54, 1.807) is 7.11 Å². The summed E-state index contributed by atoms with van der Waals surface area (Å²) in [5.74, 6) is 1.70. The first-order valence-electron chi connectivity index (χ1n) is 10.6. The number of methoxy groups -OCH3 is 1. The minimum atomic E-state index is 0.702. The van der Waals surface area contributed by atoms with E-state index in [2.05, 4.69) is 44.3 Å². The van der Waals surface area contributed by atoms with Gasteiger partial charge in [0.25, 0.3) is 0 Å². The quantitative estimate of drug-likeness (QED) is 0.501. The fraction of sp³-hybridized carbons (Fsp3) is 0.478. The molecule has 0 aliphatic carbocycles. The fourth-order valence-corrected chi connectivity index (χ4v) is 4.91. The second-order valence-electron chi connectivity index (χ2n) is 7.80. The summed E-state index contributed by atoms with van der Waals surface area (Å²) in [6.45, 7) is 10.2. The Balaban J connectivity index is 1.19. The molecule has 3 aromatic rings. The van der Waals surface area contributed by atoms with Crippen molar-refractivity contribution in [1.29, 1.82) is 0 Å². The molecule has 0 amide bonds. The molecule has 0 saturated carbocycles. The van der Waals surface area contributed by atoms with Crippen molar-refractivity contribution in [1.82, 2.24) is 14.3 Å². The molecule has 3 heterocycles. The molecule has 0 atom stereocenters. The number of fused-ring (bicyclic) bond motifs is 1. The van der Waals surface area contributed by atoms with Crippen molar-refractivity contribution in [3.8, 4) is 11.6 Å². The van der Waals surface area contributed by atoms with Gasteiger partial charge >= 0.3 is 0 Å². The van der Waals surface area contributed by atoms with Crippen LogP contribution in [0.5, 0.6) is 11.6 Å². The molecule has 1 saturated heterocycles. The van der Waals surface area contributed by atoms with Gasteiger partial charge in [-0.1, -0.05) is 12.1 Å². The van der Waals surface area contributed by atoms with Gasteiger partial charge < -0.3 is 14.4 Å². The van der Waals surface area contributed by atoms with E-state index in [0.717, 1.165) is 73.1 Å². The lowest BCUT2D eigenvalue weighted by atomic mass is 10.2. The molecule has 4 rings (SSSR count). The molecule has 7 heteroatoms. The minimum Gasteiger partial charge on any atom is -0.495 e. The predicted molar refractivity (Wildman–Crippen MR) is 123 cm³/mol. The van der Waals surface area contributed by atoms with Crippen LogP contribution >= 0.6 is 11.5 Å². The number of aromatic nitrogens is 2. The molecule has 1 aromatic carbocycles. The van der Waals surface area contributed by atoms with Crippen molar-refractivity contribution in [2.45, 2.75) is 26.7 Å². The van der Waals surface area contributed by atoms with E-state index in [9.17, 15) is 0 Å². The van der Waals surface area contributed by atoms with Crippen LogP contribution in [0.25, 0.3) is 10.2 Å². The molecule has 30 heavy (non-hydrogen) atoms. The zero-order chi connectivity index (χ0) is 20.9. The van der Waals surface area contributed by atoms with Crippen LogP contribution in [-0.4, -0.2) is 60.7 Å². The third-order valence-electron chi connectivity index (χ3n) is 5.65. The van der Waals surface area contributed by atoms with E-state index in [4.69, 9.17) is 9.47 Å². The summed E-state index contributed by atoms with van der Waals surface area (Å²) < 4.78 is 16.0. The maximum absolute atomic E-state index is 5.99. The van der Waals surface area contributed by atoms with Gasteiger partial charge in [0.05, 0.1) is 24.8 Å². The third kappa shape index (κ3) is 4.68.